The molecular weight excluding hydrogens is 356 g/mol. The minimum Gasteiger partial charge on any atom is -0.306 e. The Balaban J connectivity index is 2.44. The average molecular weight is 367 g/mol. The fourth-order valence-corrected chi connectivity index (χ4v) is 3.64. The number of hydrogen-bond acceptors (Lipinski definition) is 2. The van der Waals surface area contributed by atoms with Crippen LogP contribution in [0.4, 0.5) is 8.78 Å². The van der Waals surface area contributed by atoms with Gasteiger partial charge in [-0.2, -0.15) is 0 Å². The van der Waals surface area contributed by atoms with E-state index >= 15 is 0 Å². The summed E-state index contributed by atoms with van der Waals surface area (Å²) in [6.45, 7) is 2.59. The van der Waals surface area contributed by atoms with Gasteiger partial charge in [-0.05, 0) is 34.6 Å². The minimum absolute atomic E-state index is 0.334. The second kappa shape index (κ2) is 6.31. The zero-order valence-electron chi connectivity index (χ0n) is 10.0. The molecule has 0 saturated carbocycles. The molecule has 0 spiro atoms. The van der Waals surface area contributed by atoms with E-state index in [4.69, 9.17) is 11.6 Å². The van der Waals surface area contributed by atoms with Crippen molar-refractivity contribution in [1.29, 1.82) is 0 Å². The Morgan fingerprint density at radius 3 is 2.63 bits per heavy atom. The monoisotopic (exact) mass is 365 g/mol. The molecule has 2 rings (SSSR count). The van der Waals surface area contributed by atoms with Gasteiger partial charge in [0.1, 0.15) is 16.0 Å². The van der Waals surface area contributed by atoms with Crippen molar-refractivity contribution in [1.82, 2.24) is 5.32 Å². The number of hydrogen-bond donors (Lipinski definition) is 1. The molecule has 0 aliphatic rings. The summed E-state index contributed by atoms with van der Waals surface area (Å²) in [4.78, 5) is 0.879. The van der Waals surface area contributed by atoms with Crippen molar-refractivity contribution in [2.75, 3.05) is 6.54 Å². The summed E-state index contributed by atoms with van der Waals surface area (Å²) in [6.07, 6.45) is 0. The van der Waals surface area contributed by atoms with Crippen LogP contribution >= 0.6 is 38.9 Å². The van der Waals surface area contributed by atoms with Crippen molar-refractivity contribution >= 4 is 38.9 Å². The Morgan fingerprint density at radius 2 is 2.11 bits per heavy atom. The Labute approximate surface area is 127 Å². The highest BCUT2D eigenvalue weighted by Crippen LogP contribution is 2.37. The van der Waals surface area contributed by atoms with Gasteiger partial charge in [0, 0.05) is 21.0 Å². The summed E-state index contributed by atoms with van der Waals surface area (Å²) in [5, 5.41) is 3.18. The highest BCUT2D eigenvalue weighted by molar-refractivity contribution is 9.10. The molecule has 0 saturated heterocycles. The van der Waals surface area contributed by atoms with Crippen LogP contribution in [0.15, 0.2) is 28.7 Å². The summed E-state index contributed by atoms with van der Waals surface area (Å²) in [5.74, 6) is -1.14. The third-order valence-corrected chi connectivity index (χ3v) is 5.17. The molecule has 0 aliphatic heterocycles. The Bertz CT molecular complexity index is 569. The summed E-state index contributed by atoms with van der Waals surface area (Å²) < 4.78 is 28.3. The van der Waals surface area contributed by atoms with Gasteiger partial charge in [-0.3, -0.25) is 0 Å². The molecule has 2 aromatic rings. The normalized spacial score (nSPS) is 12.7. The first kappa shape index (κ1) is 14.9. The molecular formula is C13H11BrClF2NS. The molecule has 0 fully saturated rings. The molecule has 19 heavy (non-hydrogen) atoms. The third kappa shape index (κ3) is 3.34. The zero-order chi connectivity index (χ0) is 14.0. The highest BCUT2D eigenvalue weighted by atomic mass is 79.9. The van der Waals surface area contributed by atoms with Gasteiger partial charge in [0.15, 0.2) is 0 Å². The van der Waals surface area contributed by atoms with E-state index in [0.29, 0.717) is 16.4 Å². The SMILES string of the molecule is CCNC(c1cc(Br)c(Cl)s1)c1ccc(F)cc1F. The lowest BCUT2D eigenvalue weighted by molar-refractivity contribution is 0.544. The van der Waals surface area contributed by atoms with Crippen LogP contribution in [0.3, 0.4) is 0 Å². The molecule has 0 radical (unpaired) electrons. The summed E-state index contributed by atoms with van der Waals surface area (Å²) in [6, 6.07) is 5.12. The number of halogens is 4. The van der Waals surface area contributed by atoms with E-state index in [1.54, 1.807) is 0 Å². The highest BCUT2D eigenvalue weighted by Gasteiger charge is 2.20. The van der Waals surface area contributed by atoms with E-state index in [2.05, 4.69) is 21.2 Å². The molecule has 1 N–H and O–H groups in total. The largest absolute Gasteiger partial charge is 0.306 e. The van der Waals surface area contributed by atoms with E-state index < -0.39 is 11.6 Å². The molecule has 6 heteroatoms. The predicted octanol–water partition coefficient (Wildman–Crippen LogP) is 5.14. The van der Waals surface area contributed by atoms with E-state index in [1.807, 2.05) is 13.0 Å². The Hall–Kier alpha value is -0.490. The van der Waals surface area contributed by atoms with Crippen molar-refractivity contribution in [3.63, 3.8) is 0 Å². The maximum atomic E-state index is 13.9. The van der Waals surface area contributed by atoms with Crippen LogP contribution in [0.2, 0.25) is 4.34 Å². The lowest BCUT2D eigenvalue weighted by atomic mass is 10.0. The van der Waals surface area contributed by atoms with Crippen molar-refractivity contribution in [2.24, 2.45) is 0 Å². The molecule has 1 aromatic carbocycles. The number of thiophene rings is 1. The molecule has 1 atom stereocenters. The van der Waals surface area contributed by atoms with Gasteiger partial charge in [-0.25, -0.2) is 8.78 Å². The summed E-state index contributed by atoms with van der Waals surface area (Å²) in [5.41, 5.74) is 0.411. The van der Waals surface area contributed by atoms with E-state index in [-0.39, 0.29) is 6.04 Å². The standard InChI is InChI=1S/C13H11BrClF2NS/c1-2-18-12(11-6-9(14)13(15)19-11)8-4-3-7(16)5-10(8)17/h3-6,12,18H,2H2,1H3. The zero-order valence-corrected chi connectivity index (χ0v) is 13.2. The molecule has 1 nitrogen and oxygen atoms in total. The number of nitrogens with one attached hydrogen (secondary N) is 1. The predicted molar refractivity (Wildman–Crippen MR) is 78.9 cm³/mol. The maximum Gasteiger partial charge on any atom is 0.131 e. The number of benzene rings is 1. The average Bonchev–Trinajstić information content (AvgIpc) is 2.67. The van der Waals surface area contributed by atoms with Crippen molar-refractivity contribution in [2.45, 2.75) is 13.0 Å². The molecule has 0 amide bonds. The van der Waals surface area contributed by atoms with E-state index in [1.165, 1.54) is 23.5 Å². The first-order chi connectivity index (χ1) is 9.02. The van der Waals surface area contributed by atoms with Gasteiger partial charge >= 0.3 is 0 Å². The molecule has 102 valence electrons. The van der Waals surface area contributed by atoms with Crippen LogP contribution in [0.1, 0.15) is 23.4 Å². The fourth-order valence-electron chi connectivity index (χ4n) is 1.81. The maximum absolute atomic E-state index is 13.9. The van der Waals surface area contributed by atoms with Gasteiger partial charge in [0.25, 0.3) is 0 Å². The molecule has 1 aromatic heterocycles. The minimum atomic E-state index is -0.582. The van der Waals surface area contributed by atoms with Crippen molar-refractivity contribution in [3.8, 4) is 0 Å². The topological polar surface area (TPSA) is 12.0 Å². The summed E-state index contributed by atoms with van der Waals surface area (Å²) >= 11 is 10.7. The molecule has 0 bridgehead atoms. The first-order valence-corrected chi connectivity index (χ1v) is 7.64. The first-order valence-electron chi connectivity index (χ1n) is 5.66. The third-order valence-electron chi connectivity index (χ3n) is 2.63. The molecule has 1 heterocycles. The van der Waals surface area contributed by atoms with Crippen molar-refractivity contribution < 1.29 is 8.78 Å². The van der Waals surface area contributed by atoms with Gasteiger partial charge in [0.2, 0.25) is 0 Å². The second-order valence-electron chi connectivity index (χ2n) is 3.93. The van der Waals surface area contributed by atoms with Crippen LogP contribution in [0.5, 0.6) is 0 Å². The Morgan fingerprint density at radius 1 is 1.37 bits per heavy atom. The molecule has 0 aliphatic carbocycles. The second-order valence-corrected chi connectivity index (χ2v) is 6.47. The number of rotatable bonds is 4. The van der Waals surface area contributed by atoms with Gasteiger partial charge in [-0.15, -0.1) is 11.3 Å². The fraction of sp³-hybridized carbons (Fsp3) is 0.231. The van der Waals surface area contributed by atoms with Crippen LogP contribution in [0, 0.1) is 11.6 Å². The van der Waals surface area contributed by atoms with Gasteiger partial charge < -0.3 is 5.32 Å². The molecule has 1 unspecified atom stereocenters. The Kier molecular flexibility index (Phi) is 4.95. The van der Waals surface area contributed by atoms with Crippen LogP contribution in [0.25, 0.3) is 0 Å². The lowest BCUT2D eigenvalue weighted by Gasteiger charge is -2.17. The van der Waals surface area contributed by atoms with E-state index in [9.17, 15) is 8.78 Å². The van der Waals surface area contributed by atoms with E-state index in [0.717, 1.165) is 15.4 Å². The quantitative estimate of drug-likeness (QED) is 0.790. The van der Waals surface area contributed by atoms with Gasteiger partial charge in [0.05, 0.1) is 6.04 Å². The van der Waals surface area contributed by atoms with Crippen LogP contribution in [-0.4, -0.2) is 6.54 Å². The van der Waals surface area contributed by atoms with Crippen LogP contribution in [-0.2, 0) is 0 Å². The lowest BCUT2D eigenvalue weighted by Crippen LogP contribution is -2.22. The van der Waals surface area contributed by atoms with Crippen LogP contribution < -0.4 is 5.32 Å². The van der Waals surface area contributed by atoms with Gasteiger partial charge in [-0.1, -0.05) is 24.6 Å². The summed E-state index contributed by atoms with van der Waals surface area (Å²) in [7, 11) is 0. The smallest absolute Gasteiger partial charge is 0.131 e. The van der Waals surface area contributed by atoms with Crippen molar-refractivity contribution in [3.05, 3.63) is 55.1 Å².